The van der Waals surface area contributed by atoms with Gasteiger partial charge in [0.25, 0.3) is 0 Å². The predicted octanol–water partition coefficient (Wildman–Crippen LogP) is 14.2. The largest absolute Gasteiger partial charge is 0.456 e. The number of hydrogen-bond acceptors (Lipinski definition) is 5. The van der Waals surface area contributed by atoms with Crippen LogP contribution in [-0.2, 0) is 0 Å². The van der Waals surface area contributed by atoms with Gasteiger partial charge in [-0.3, -0.25) is 4.57 Å². The molecule has 0 saturated heterocycles. The SMILES string of the molecule is C=Cc1c(C(=C)C)n(-c2nc(C(=C)CC)nc(-c3ccc4c(c3)oc3ccccc34)n2)c2c(-c3cccc(-c4cccc5c4sc4ccccc45)c3)cccc12. The summed E-state index contributed by atoms with van der Waals surface area (Å²) in [6, 6.07) is 44.8. The van der Waals surface area contributed by atoms with Crippen molar-refractivity contribution < 1.29 is 4.42 Å². The van der Waals surface area contributed by atoms with E-state index in [1.54, 1.807) is 0 Å². The van der Waals surface area contributed by atoms with Gasteiger partial charge in [-0.25, -0.2) is 4.98 Å². The van der Waals surface area contributed by atoms with E-state index in [1.807, 2.05) is 48.6 Å². The van der Waals surface area contributed by atoms with E-state index in [0.29, 0.717) is 24.0 Å². The number of furan rings is 1. The first-order valence-corrected chi connectivity index (χ1v) is 19.6. The zero-order valence-corrected chi connectivity index (χ0v) is 32.0. The first kappa shape index (κ1) is 33.7. The smallest absolute Gasteiger partial charge is 0.238 e. The highest BCUT2D eigenvalue weighted by Gasteiger charge is 2.24. The number of rotatable bonds is 8. The fraction of sp³-hybridized carbons (Fsp3) is 0.0600. The third-order valence-electron chi connectivity index (χ3n) is 10.7. The van der Waals surface area contributed by atoms with Gasteiger partial charge in [-0.15, -0.1) is 11.3 Å². The summed E-state index contributed by atoms with van der Waals surface area (Å²) in [7, 11) is 0. The van der Waals surface area contributed by atoms with Gasteiger partial charge in [-0.05, 0) is 71.5 Å². The lowest BCUT2D eigenvalue weighted by atomic mass is 9.96. The van der Waals surface area contributed by atoms with Gasteiger partial charge in [-0.2, -0.15) is 9.97 Å². The second-order valence-corrected chi connectivity index (χ2v) is 15.2. The number of thiophene rings is 1. The van der Waals surface area contributed by atoms with Gasteiger partial charge in [0.2, 0.25) is 5.95 Å². The molecule has 56 heavy (non-hydrogen) atoms. The first-order chi connectivity index (χ1) is 27.4. The lowest BCUT2D eigenvalue weighted by Gasteiger charge is -2.15. The molecule has 0 amide bonds. The maximum atomic E-state index is 6.28. The van der Waals surface area contributed by atoms with Crippen molar-refractivity contribution in [3.05, 3.63) is 164 Å². The van der Waals surface area contributed by atoms with Crippen LogP contribution in [0.4, 0.5) is 0 Å². The Morgan fingerprint density at radius 2 is 1.38 bits per heavy atom. The van der Waals surface area contributed by atoms with Gasteiger partial charge in [0.05, 0.1) is 11.2 Å². The van der Waals surface area contributed by atoms with E-state index in [1.165, 1.54) is 25.7 Å². The second-order valence-electron chi connectivity index (χ2n) is 14.2. The molecule has 0 N–H and O–H groups in total. The average molecular weight is 741 g/mol. The first-order valence-electron chi connectivity index (χ1n) is 18.7. The molecule has 0 spiro atoms. The molecule has 0 fully saturated rings. The Bertz CT molecular complexity index is 3270. The van der Waals surface area contributed by atoms with Crippen LogP contribution in [0.1, 0.15) is 37.4 Å². The van der Waals surface area contributed by atoms with Crippen LogP contribution in [0.3, 0.4) is 0 Å². The van der Waals surface area contributed by atoms with E-state index >= 15 is 0 Å². The van der Waals surface area contributed by atoms with Crippen LogP contribution in [0.25, 0.3) is 110 Å². The summed E-state index contributed by atoms with van der Waals surface area (Å²) in [6.07, 6.45) is 2.60. The zero-order valence-electron chi connectivity index (χ0n) is 31.1. The number of hydrogen-bond donors (Lipinski definition) is 0. The highest BCUT2D eigenvalue weighted by atomic mass is 32.1. The van der Waals surface area contributed by atoms with Crippen molar-refractivity contribution >= 4 is 81.6 Å². The molecule has 0 aliphatic rings. The lowest BCUT2D eigenvalue weighted by Crippen LogP contribution is -2.10. The third-order valence-corrected chi connectivity index (χ3v) is 11.9. The lowest BCUT2D eigenvalue weighted by molar-refractivity contribution is 0.669. The van der Waals surface area contributed by atoms with Crippen LogP contribution in [0.15, 0.2) is 152 Å². The Morgan fingerprint density at radius 3 is 2.18 bits per heavy atom. The van der Waals surface area contributed by atoms with Crippen LogP contribution < -0.4 is 0 Å². The minimum absolute atomic E-state index is 0.485. The third kappa shape index (κ3) is 5.25. The Kier molecular flexibility index (Phi) is 7.90. The van der Waals surface area contributed by atoms with Crippen LogP contribution in [-0.4, -0.2) is 19.5 Å². The zero-order chi connectivity index (χ0) is 38.1. The maximum absolute atomic E-state index is 6.28. The molecule has 10 aromatic rings. The van der Waals surface area contributed by atoms with E-state index < -0.39 is 0 Å². The standard InChI is InChI=1S/C50H36N4OS/c1-6-30(5)48-51-49(33-25-26-38-37-17-8-10-23-42(37)55-43(38)28-33)53-50(52-48)54-45(29(3)4)34(7-2)40-21-13-19-35(46(40)54)31-15-12-16-32(27-31)36-20-14-22-41-39-18-9-11-24-44(39)56-47(36)41/h7-28H,2-3,5-6H2,1,4H3. The average Bonchev–Trinajstić information content (AvgIpc) is 3.92. The van der Waals surface area contributed by atoms with Crippen molar-refractivity contribution in [2.24, 2.45) is 0 Å². The summed E-state index contributed by atoms with van der Waals surface area (Å²) >= 11 is 1.84. The number of benzene rings is 6. The highest BCUT2D eigenvalue weighted by Crippen LogP contribution is 2.43. The molecule has 0 aliphatic heterocycles. The number of nitrogens with zero attached hydrogens (tertiary/aromatic N) is 4. The summed E-state index contributed by atoms with van der Waals surface area (Å²) in [5.41, 5.74) is 11.5. The van der Waals surface area contributed by atoms with E-state index in [4.69, 9.17) is 19.4 Å². The Hall–Kier alpha value is -6.89. The number of aromatic nitrogens is 4. The Labute approximate surface area is 328 Å². The summed E-state index contributed by atoms with van der Waals surface area (Å²) in [6.45, 7) is 17.2. The van der Waals surface area contributed by atoms with Crippen molar-refractivity contribution in [2.75, 3.05) is 0 Å². The normalized spacial score (nSPS) is 11.7. The van der Waals surface area contributed by atoms with Crippen LogP contribution >= 0.6 is 11.3 Å². The molecule has 10 rings (SSSR count). The predicted molar refractivity (Wildman–Crippen MR) is 237 cm³/mol. The number of allylic oxidation sites excluding steroid dienone is 2. The van der Waals surface area contributed by atoms with Gasteiger partial charge >= 0.3 is 0 Å². The summed E-state index contributed by atoms with van der Waals surface area (Å²) < 4.78 is 11.0. The molecule has 4 heterocycles. The molecule has 0 unspecified atom stereocenters. The molecule has 5 nitrogen and oxygen atoms in total. The van der Waals surface area contributed by atoms with Gasteiger partial charge in [-0.1, -0.05) is 130 Å². The molecule has 0 saturated carbocycles. The molecular weight excluding hydrogens is 705 g/mol. The molecule has 4 aromatic heterocycles. The summed E-state index contributed by atoms with van der Waals surface area (Å²) in [5.74, 6) is 1.56. The van der Waals surface area contributed by atoms with E-state index in [2.05, 4.69) is 134 Å². The van der Waals surface area contributed by atoms with E-state index in [9.17, 15) is 0 Å². The van der Waals surface area contributed by atoms with Gasteiger partial charge < -0.3 is 4.42 Å². The summed E-state index contributed by atoms with van der Waals surface area (Å²) in [4.78, 5) is 15.4. The van der Waals surface area contributed by atoms with Crippen LogP contribution in [0, 0.1) is 0 Å². The quantitative estimate of drug-likeness (QED) is 0.156. The summed E-state index contributed by atoms with van der Waals surface area (Å²) in [5, 5.41) is 5.72. The molecule has 0 bridgehead atoms. The van der Waals surface area contributed by atoms with Crippen molar-refractivity contribution in [1.82, 2.24) is 19.5 Å². The monoisotopic (exact) mass is 740 g/mol. The molecule has 268 valence electrons. The number of fused-ring (bicyclic) bond motifs is 7. The molecule has 6 aromatic carbocycles. The number of para-hydroxylation sites is 2. The van der Waals surface area contributed by atoms with Gasteiger partial charge in [0.1, 0.15) is 11.2 Å². The minimum Gasteiger partial charge on any atom is -0.456 e. The highest BCUT2D eigenvalue weighted by molar-refractivity contribution is 7.26. The minimum atomic E-state index is 0.485. The fourth-order valence-corrected chi connectivity index (χ4v) is 9.26. The van der Waals surface area contributed by atoms with E-state index in [0.717, 1.165) is 77.5 Å². The molecule has 0 atom stereocenters. The van der Waals surface area contributed by atoms with Gasteiger partial charge in [0, 0.05) is 53.0 Å². The van der Waals surface area contributed by atoms with E-state index in [-0.39, 0.29) is 0 Å². The molecule has 0 radical (unpaired) electrons. The maximum Gasteiger partial charge on any atom is 0.238 e. The second kappa shape index (κ2) is 13.1. The molecule has 6 heteroatoms. The topological polar surface area (TPSA) is 56.7 Å². The van der Waals surface area contributed by atoms with Crippen LogP contribution in [0.5, 0.6) is 0 Å². The van der Waals surface area contributed by atoms with Crippen molar-refractivity contribution in [1.29, 1.82) is 0 Å². The molecular formula is C50H36N4OS. The van der Waals surface area contributed by atoms with Crippen molar-refractivity contribution in [3.8, 4) is 39.6 Å². The van der Waals surface area contributed by atoms with Crippen LogP contribution in [0.2, 0.25) is 0 Å². The van der Waals surface area contributed by atoms with Crippen molar-refractivity contribution in [2.45, 2.75) is 20.3 Å². The van der Waals surface area contributed by atoms with Crippen molar-refractivity contribution in [3.63, 3.8) is 0 Å². The molecule has 0 aliphatic carbocycles. The fourth-order valence-electron chi connectivity index (χ4n) is 8.03. The Balaban J connectivity index is 1.21. The van der Waals surface area contributed by atoms with Gasteiger partial charge in [0.15, 0.2) is 11.6 Å². The Morgan fingerprint density at radius 1 is 0.679 bits per heavy atom.